The highest BCUT2D eigenvalue weighted by molar-refractivity contribution is 5.89. The van der Waals surface area contributed by atoms with E-state index >= 15 is 0 Å². The van der Waals surface area contributed by atoms with Crippen LogP contribution in [0.15, 0.2) is 24.3 Å². The zero-order valence-electron chi connectivity index (χ0n) is 14.0. The summed E-state index contributed by atoms with van der Waals surface area (Å²) in [5, 5.41) is 14.3. The topological polar surface area (TPSA) is 105 Å². The molecule has 0 bridgehead atoms. The number of nitrogens with one attached hydrogen (secondary N) is 2. The van der Waals surface area contributed by atoms with E-state index in [-0.39, 0.29) is 24.6 Å². The van der Waals surface area contributed by atoms with Gasteiger partial charge in [0.2, 0.25) is 11.8 Å². The van der Waals surface area contributed by atoms with Gasteiger partial charge >= 0.3 is 5.97 Å². The third-order valence-electron chi connectivity index (χ3n) is 3.24. The Morgan fingerprint density at radius 2 is 1.88 bits per heavy atom. The third-order valence-corrected chi connectivity index (χ3v) is 3.24. The molecule has 0 aliphatic rings. The number of unbranched alkanes of at least 4 members (excludes halogenated alkanes) is 1. The molecule has 1 rings (SSSR count). The number of ether oxygens (including phenoxy) is 1. The Morgan fingerprint density at radius 1 is 1.21 bits per heavy atom. The van der Waals surface area contributed by atoms with Crippen LogP contribution in [-0.4, -0.2) is 42.1 Å². The van der Waals surface area contributed by atoms with E-state index in [1.54, 1.807) is 12.1 Å². The van der Waals surface area contributed by atoms with Crippen molar-refractivity contribution in [2.45, 2.75) is 39.2 Å². The van der Waals surface area contributed by atoms with E-state index in [1.807, 2.05) is 6.92 Å². The number of phenolic OH excluding ortho intramolecular Hbond substituents is 1. The fourth-order valence-electron chi connectivity index (χ4n) is 1.99. The van der Waals surface area contributed by atoms with Crippen LogP contribution in [0, 0.1) is 0 Å². The molecule has 0 aromatic heterocycles. The minimum atomic E-state index is -0.810. The lowest BCUT2D eigenvalue weighted by molar-refractivity contribution is -0.144. The Hall–Kier alpha value is -2.57. The van der Waals surface area contributed by atoms with Gasteiger partial charge in [-0.1, -0.05) is 25.5 Å². The van der Waals surface area contributed by atoms with Gasteiger partial charge in [0.05, 0.1) is 6.61 Å². The van der Waals surface area contributed by atoms with E-state index in [1.165, 1.54) is 19.1 Å². The molecule has 0 aliphatic heterocycles. The fourth-order valence-corrected chi connectivity index (χ4v) is 1.99. The number of hydrogen-bond donors (Lipinski definition) is 3. The summed E-state index contributed by atoms with van der Waals surface area (Å²) in [5.74, 6) is -1.21. The van der Waals surface area contributed by atoms with Crippen molar-refractivity contribution in [1.82, 2.24) is 10.6 Å². The lowest BCUT2D eigenvalue weighted by Crippen LogP contribution is -2.48. The van der Waals surface area contributed by atoms with Crippen LogP contribution < -0.4 is 10.6 Å². The van der Waals surface area contributed by atoms with Gasteiger partial charge in [0.15, 0.2) is 0 Å². The average Bonchev–Trinajstić information content (AvgIpc) is 2.54. The predicted octanol–water partition coefficient (Wildman–Crippen LogP) is 0.899. The van der Waals surface area contributed by atoms with Crippen LogP contribution >= 0.6 is 0 Å². The zero-order chi connectivity index (χ0) is 17.9. The predicted molar refractivity (Wildman–Crippen MR) is 88.3 cm³/mol. The summed E-state index contributed by atoms with van der Waals surface area (Å²) in [6.45, 7) is 3.38. The summed E-state index contributed by atoms with van der Waals surface area (Å²) in [6, 6.07) is 5.52. The van der Waals surface area contributed by atoms with E-state index in [2.05, 4.69) is 10.6 Å². The van der Waals surface area contributed by atoms with Gasteiger partial charge in [0.1, 0.15) is 18.3 Å². The van der Waals surface area contributed by atoms with Gasteiger partial charge < -0.3 is 20.5 Å². The zero-order valence-corrected chi connectivity index (χ0v) is 14.0. The lowest BCUT2D eigenvalue weighted by Gasteiger charge is -2.17. The first-order valence-electron chi connectivity index (χ1n) is 7.90. The summed E-state index contributed by atoms with van der Waals surface area (Å²) in [7, 11) is 0. The van der Waals surface area contributed by atoms with Gasteiger partial charge in [-0.05, 0) is 24.1 Å². The number of esters is 1. The smallest absolute Gasteiger partial charge is 0.325 e. The number of phenols is 1. The van der Waals surface area contributed by atoms with Crippen LogP contribution in [0.25, 0.3) is 0 Å². The Balaban J connectivity index is 2.56. The van der Waals surface area contributed by atoms with E-state index in [0.29, 0.717) is 6.61 Å². The van der Waals surface area contributed by atoms with Crippen molar-refractivity contribution in [3.63, 3.8) is 0 Å². The van der Waals surface area contributed by atoms with Crippen molar-refractivity contribution < 1.29 is 24.2 Å². The third kappa shape index (κ3) is 7.62. The van der Waals surface area contributed by atoms with Crippen LogP contribution in [0.1, 0.15) is 32.3 Å². The maximum absolute atomic E-state index is 12.2. The van der Waals surface area contributed by atoms with Crippen LogP contribution in [0.5, 0.6) is 5.75 Å². The Labute approximate surface area is 141 Å². The fraction of sp³-hybridized carbons (Fsp3) is 0.471. The average molecular weight is 336 g/mol. The van der Waals surface area contributed by atoms with Crippen molar-refractivity contribution in [1.29, 1.82) is 0 Å². The first-order chi connectivity index (χ1) is 11.4. The second kappa shape index (κ2) is 10.3. The molecule has 1 atom stereocenters. The summed E-state index contributed by atoms with van der Waals surface area (Å²) >= 11 is 0. The molecule has 0 fully saturated rings. The molecule has 24 heavy (non-hydrogen) atoms. The second-order valence-corrected chi connectivity index (χ2v) is 5.42. The number of hydrogen-bond acceptors (Lipinski definition) is 5. The maximum atomic E-state index is 12.2. The highest BCUT2D eigenvalue weighted by atomic mass is 16.5. The summed E-state index contributed by atoms with van der Waals surface area (Å²) in [6.07, 6.45) is 1.93. The molecule has 2 amide bonds. The van der Waals surface area contributed by atoms with Crippen LogP contribution in [-0.2, 0) is 25.5 Å². The van der Waals surface area contributed by atoms with Gasteiger partial charge in [-0.2, -0.15) is 0 Å². The highest BCUT2D eigenvalue weighted by Gasteiger charge is 2.20. The van der Waals surface area contributed by atoms with Gasteiger partial charge in [-0.15, -0.1) is 0 Å². The summed E-state index contributed by atoms with van der Waals surface area (Å²) < 4.78 is 4.96. The molecule has 0 aliphatic carbocycles. The highest BCUT2D eigenvalue weighted by Crippen LogP contribution is 2.11. The molecule has 7 nitrogen and oxygen atoms in total. The van der Waals surface area contributed by atoms with Crippen LogP contribution in [0.4, 0.5) is 0 Å². The molecule has 0 saturated carbocycles. The minimum absolute atomic E-state index is 0.120. The number of carbonyl (C=O) groups is 3. The minimum Gasteiger partial charge on any atom is -0.508 e. The molecule has 7 heteroatoms. The van der Waals surface area contributed by atoms with Crippen molar-refractivity contribution in [3.8, 4) is 5.75 Å². The normalized spacial score (nSPS) is 11.4. The standard InChI is InChI=1S/C17H24N2O5/c1-3-4-9-24-16(22)11-18-17(23)15(19-12(2)20)10-13-5-7-14(21)8-6-13/h5-8,15,21H,3-4,9-11H2,1-2H3,(H,18,23)(H,19,20)/t15-/m0/s1. The SMILES string of the molecule is CCCCOC(=O)CNC(=O)[C@H](Cc1ccc(O)cc1)NC(C)=O. The van der Waals surface area contributed by atoms with E-state index < -0.39 is 17.9 Å². The van der Waals surface area contributed by atoms with Crippen molar-refractivity contribution >= 4 is 17.8 Å². The number of benzene rings is 1. The first-order valence-corrected chi connectivity index (χ1v) is 7.90. The molecular weight excluding hydrogens is 312 g/mol. The number of rotatable bonds is 9. The van der Waals surface area contributed by atoms with E-state index in [0.717, 1.165) is 18.4 Å². The van der Waals surface area contributed by atoms with Crippen LogP contribution in [0.3, 0.4) is 0 Å². The largest absolute Gasteiger partial charge is 0.508 e. The molecule has 0 spiro atoms. The second-order valence-electron chi connectivity index (χ2n) is 5.42. The molecule has 0 heterocycles. The molecule has 132 valence electrons. The van der Waals surface area contributed by atoms with Crippen molar-refractivity contribution in [3.05, 3.63) is 29.8 Å². The molecule has 0 unspecified atom stereocenters. The van der Waals surface area contributed by atoms with Crippen molar-refractivity contribution in [2.75, 3.05) is 13.2 Å². The monoisotopic (exact) mass is 336 g/mol. The van der Waals surface area contributed by atoms with E-state index in [4.69, 9.17) is 4.74 Å². The maximum Gasteiger partial charge on any atom is 0.325 e. The van der Waals surface area contributed by atoms with Gasteiger partial charge in [0, 0.05) is 13.3 Å². The van der Waals surface area contributed by atoms with Gasteiger partial charge in [-0.3, -0.25) is 14.4 Å². The van der Waals surface area contributed by atoms with Crippen molar-refractivity contribution in [2.24, 2.45) is 0 Å². The quantitative estimate of drug-likeness (QED) is 0.459. The van der Waals surface area contributed by atoms with E-state index in [9.17, 15) is 19.5 Å². The van der Waals surface area contributed by atoms with Crippen LogP contribution in [0.2, 0.25) is 0 Å². The first kappa shape index (κ1) is 19.5. The Kier molecular flexibility index (Phi) is 8.32. The molecule has 0 radical (unpaired) electrons. The number of amides is 2. The molecule has 1 aromatic rings. The number of carbonyl (C=O) groups excluding carboxylic acids is 3. The Bertz CT molecular complexity index is 557. The van der Waals surface area contributed by atoms with Gasteiger partial charge in [0.25, 0.3) is 0 Å². The number of aromatic hydroxyl groups is 1. The lowest BCUT2D eigenvalue weighted by atomic mass is 10.0. The molecule has 1 aromatic carbocycles. The Morgan fingerprint density at radius 3 is 2.46 bits per heavy atom. The molecular formula is C17H24N2O5. The molecule has 3 N–H and O–H groups in total. The molecule has 0 saturated heterocycles. The van der Waals surface area contributed by atoms with Gasteiger partial charge in [-0.25, -0.2) is 0 Å². The summed E-state index contributed by atoms with van der Waals surface area (Å²) in [5.41, 5.74) is 0.771. The summed E-state index contributed by atoms with van der Waals surface area (Å²) in [4.78, 5) is 35.0.